The zero-order valence-corrected chi connectivity index (χ0v) is 11.2. The number of nitrogens with zero attached hydrogens (tertiary/aromatic N) is 2. The molecule has 1 aromatic rings. The molecular weight excluding hydrogens is 289 g/mol. The largest absolute Gasteiger partial charge is 0.346 e. The number of carbonyl (C=O) groups excluding carboxylic acids is 2. The zero-order chi connectivity index (χ0) is 13.6. The maximum absolute atomic E-state index is 11.6. The van der Waals surface area contributed by atoms with Gasteiger partial charge in [0.05, 0.1) is 23.5 Å². The highest BCUT2D eigenvalue weighted by molar-refractivity contribution is 6.36. The molecule has 2 amide bonds. The number of amides is 2. The van der Waals surface area contributed by atoms with Crippen LogP contribution in [-0.2, 0) is 16.1 Å². The van der Waals surface area contributed by atoms with Gasteiger partial charge < -0.3 is 4.90 Å². The van der Waals surface area contributed by atoms with Crippen molar-refractivity contribution in [2.24, 2.45) is 4.99 Å². The number of nitrogens with one attached hydrogen (secondary N) is 1. The van der Waals surface area contributed by atoms with Crippen LogP contribution in [0.3, 0.4) is 0 Å². The first kappa shape index (κ1) is 12.4. The first-order valence-electron chi connectivity index (χ1n) is 5.66. The summed E-state index contributed by atoms with van der Waals surface area (Å²) < 4.78 is 0. The Morgan fingerprint density at radius 1 is 1.32 bits per heavy atom. The predicted octanol–water partition coefficient (Wildman–Crippen LogP) is 1.88. The molecule has 0 bridgehead atoms. The lowest BCUT2D eigenvalue weighted by molar-refractivity contribution is -0.125. The van der Waals surface area contributed by atoms with Crippen LogP contribution < -0.4 is 5.32 Å². The van der Waals surface area contributed by atoms with Crippen LogP contribution in [0.1, 0.15) is 12.0 Å². The fraction of sp³-hybridized carbons (Fsp3) is 0.250. The van der Waals surface area contributed by atoms with Gasteiger partial charge in [0.25, 0.3) is 0 Å². The number of rotatable bonds is 1. The molecule has 1 fully saturated rings. The lowest BCUT2D eigenvalue weighted by Gasteiger charge is -2.28. The topological polar surface area (TPSA) is 61.8 Å². The van der Waals surface area contributed by atoms with E-state index >= 15 is 0 Å². The van der Waals surface area contributed by atoms with Gasteiger partial charge in [-0.15, -0.1) is 0 Å². The molecule has 2 aliphatic rings. The van der Waals surface area contributed by atoms with Crippen molar-refractivity contribution in [3.8, 4) is 0 Å². The maximum Gasteiger partial charge on any atom is 0.249 e. The molecule has 0 aromatic heterocycles. The Labute approximate surface area is 119 Å². The third-order valence-electron chi connectivity index (χ3n) is 3.14. The van der Waals surface area contributed by atoms with Crippen molar-refractivity contribution in [3.63, 3.8) is 0 Å². The van der Waals surface area contributed by atoms with E-state index in [1.54, 1.807) is 23.4 Å². The first-order valence-corrected chi connectivity index (χ1v) is 6.42. The van der Waals surface area contributed by atoms with Gasteiger partial charge in [-0.25, -0.2) is 4.99 Å². The van der Waals surface area contributed by atoms with E-state index < -0.39 is 6.04 Å². The van der Waals surface area contributed by atoms with Crippen molar-refractivity contribution in [1.29, 1.82) is 0 Å². The summed E-state index contributed by atoms with van der Waals surface area (Å²) in [5.41, 5.74) is 1.50. The van der Waals surface area contributed by atoms with Crippen molar-refractivity contribution in [2.45, 2.75) is 19.0 Å². The molecule has 2 aliphatic heterocycles. The summed E-state index contributed by atoms with van der Waals surface area (Å²) in [5.74, 6) is -0.564. The monoisotopic (exact) mass is 297 g/mol. The Hall–Kier alpha value is -1.59. The van der Waals surface area contributed by atoms with Gasteiger partial charge in [-0.05, 0) is 12.1 Å². The van der Waals surface area contributed by atoms with E-state index in [1.165, 1.54) is 0 Å². The number of carbonyl (C=O) groups is 2. The second kappa shape index (κ2) is 4.51. The predicted molar refractivity (Wildman–Crippen MR) is 71.7 cm³/mol. The van der Waals surface area contributed by atoms with Gasteiger partial charge in [0.2, 0.25) is 11.8 Å². The van der Waals surface area contributed by atoms with Gasteiger partial charge in [-0.1, -0.05) is 23.2 Å². The quantitative estimate of drug-likeness (QED) is 0.805. The SMILES string of the molecule is O=C1CC(N2C=Nc3c(Cl)cc(Cl)cc3C2)C(=O)N1. The molecule has 2 heterocycles. The van der Waals surface area contributed by atoms with E-state index in [9.17, 15) is 9.59 Å². The Morgan fingerprint density at radius 2 is 2.11 bits per heavy atom. The molecule has 0 saturated carbocycles. The highest BCUT2D eigenvalue weighted by atomic mass is 35.5. The summed E-state index contributed by atoms with van der Waals surface area (Å²) in [4.78, 5) is 28.8. The molecule has 1 unspecified atom stereocenters. The van der Waals surface area contributed by atoms with Crippen molar-refractivity contribution in [3.05, 3.63) is 27.7 Å². The highest BCUT2D eigenvalue weighted by Gasteiger charge is 2.35. The van der Waals surface area contributed by atoms with Crippen LogP contribution in [0.5, 0.6) is 0 Å². The van der Waals surface area contributed by atoms with Gasteiger partial charge in [-0.2, -0.15) is 0 Å². The van der Waals surface area contributed by atoms with E-state index in [1.807, 2.05) is 0 Å². The summed E-state index contributed by atoms with van der Waals surface area (Å²) in [6, 6.07) is 2.88. The summed E-state index contributed by atoms with van der Waals surface area (Å²) in [7, 11) is 0. The molecular formula is C12H9Cl2N3O2. The van der Waals surface area contributed by atoms with Crippen molar-refractivity contribution < 1.29 is 9.59 Å². The summed E-state index contributed by atoms with van der Waals surface area (Å²) in [6.45, 7) is 0.449. The maximum atomic E-state index is 11.6. The van der Waals surface area contributed by atoms with Gasteiger partial charge >= 0.3 is 0 Å². The summed E-state index contributed by atoms with van der Waals surface area (Å²) in [6.07, 6.45) is 1.69. The number of hydrogen-bond acceptors (Lipinski definition) is 4. The van der Waals surface area contributed by atoms with Crippen LogP contribution in [-0.4, -0.2) is 29.1 Å². The fourth-order valence-electron chi connectivity index (χ4n) is 2.25. The fourth-order valence-corrected chi connectivity index (χ4v) is 2.84. The minimum atomic E-state index is -0.512. The molecule has 98 valence electrons. The molecule has 0 aliphatic carbocycles. The van der Waals surface area contributed by atoms with E-state index in [4.69, 9.17) is 23.2 Å². The minimum Gasteiger partial charge on any atom is -0.346 e. The zero-order valence-electron chi connectivity index (χ0n) is 9.69. The van der Waals surface area contributed by atoms with E-state index in [-0.39, 0.29) is 18.2 Å². The molecule has 1 N–H and O–H groups in total. The molecule has 3 rings (SSSR count). The lowest BCUT2D eigenvalue weighted by atomic mass is 10.1. The molecule has 0 spiro atoms. The Morgan fingerprint density at radius 3 is 2.79 bits per heavy atom. The Balaban J connectivity index is 1.91. The summed E-state index contributed by atoms with van der Waals surface area (Å²) in [5, 5.41) is 3.28. The van der Waals surface area contributed by atoms with Crippen LogP contribution in [0.15, 0.2) is 17.1 Å². The molecule has 1 saturated heterocycles. The third kappa shape index (κ3) is 2.19. The minimum absolute atomic E-state index is 0.147. The summed E-state index contributed by atoms with van der Waals surface area (Å²) >= 11 is 12.0. The number of halogens is 2. The van der Waals surface area contributed by atoms with Crippen LogP contribution in [0, 0.1) is 0 Å². The Bertz CT molecular complexity index is 615. The second-order valence-corrected chi connectivity index (χ2v) is 5.29. The van der Waals surface area contributed by atoms with Crippen molar-refractivity contribution in [1.82, 2.24) is 10.2 Å². The van der Waals surface area contributed by atoms with Gasteiger partial charge in [0, 0.05) is 17.1 Å². The first-order chi connectivity index (χ1) is 9.04. The van der Waals surface area contributed by atoms with E-state index in [0.29, 0.717) is 22.3 Å². The Kier molecular flexibility index (Phi) is 2.95. The molecule has 19 heavy (non-hydrogen) atoms. The highest BCUT2D eigenvalue weighted by Crippen LogP contribution is 2.35. The molecule has 5 nitrogen and oxygen atoms in total. The van der Waals surface area contributed by atoms with Crippen LogP contribution in [0.25, 0.3) is 0 Å². The van der Waals surface area contributed by atoms with Gasteiger partial charge in [-0.3, -0.25) is 14.9 Å². The van der Waals surface area contributed by atoms with Crippen molar-refractivity contribution in [2.75, 3.05) is 0 Å². The van der Waals surface area contributed by atoms with Gasteiger partial charge in [0.15, 0.2) is 0 Å². The molecule has 7 heteroatoms. The van der Waals surface area contributed by atoms with Gasteiger partial charge in [0.1, 0.15) is 6.04 Å². The number of aliphatic imine (C=N–C) groups is 1. The second-order valence-electron chi connectivity index (χ2n) is 4.44. The average molecular weight is 298 g/mol. The standard InChI is InChI=1S/C12H9Cl2N3O2/c13-7-1-6-4-17(5-15-11(6)8(14)2-7)9-3-10(18)16-12(9)19/h1-2,5,9H,3-4H2,(H,16,18,19). The average Bonchev–Trinajstić information content (AvgIpc) is 2.67. The molecule has 1 atom stereocenters. The smallest absolute Gasteiger partial charge is 0.249 e. The normalized spacial score (nSPS) is 21.6. The van der Waals surface area contributed by atoms with E-state index in [2.05, 4.69) is 10.3 Å². The molecule has 1 aromatic carbocycles. The molecule has 0 radical (unpaired) electrons. The number of benzene rings is 1. The van der Waals surface area contributed by atoms with E-state index in [0.717, 1.165) is 5.56 Å². The van der Waals surface area contributed by atoms with Crippen LogP contribution in [0.4, 0.5) is 5.69 Å². The number of hydrogen-bond donors (Lipinski definition) is 1. The van der Waals surface area contributed by atoms with Crippen LogP contribution in [0.2, 0.25) is 10.0 Å². The third-order valence-corrected chi connectivity index (χ3v) is 3.65. The number of fused-ring (bicyclic) bond motifs is 1. The van der Waals surface area contributed by atoms with Crippen LogP contribution >= 0.6 is 23.2 Å². The lowest BCUT2D eigenvalue weighted by Crippen LogP contribution is -2.40. The number of imide groups is 1. The van der Waals surface area contributed by atoms with Crippen molar-refractivity contribution >= 4 is 47.0 Å².